The molecular formula is C37H33ClF2N4O3S. The largest absolute Gasteiger partial charge is 1.00 e. The number of thiophene rings is 1. The SMILES string of the molecule is CCC(=O)Nc1ccc(-c2sc3c(c2C[NH+](C)Cc2ccccc2)c(=O)n(-c2ccccc2)c(=O)n3Cc2c(F)cccc2F)cc1.[Cl-]. The minimum atomic E-state index is -0.781. The van der Waals surface area contributed by atoms with Crippen LogP contribution in [0.15, 0.2) is 113 Å². The summed E-state index contributed by atoms with van der Waals surface area (Å²) in [6.07, 6.45) is 0.340. The molecule has 1 amide bonds. The van der Waals surface area contributed by atoms with Crippen molar-refractivity contribution >= 4 is 33.1 Å². The van der Waals surface area contributed by atoms with E-state index in [0.717, 1.165) is 43.2 Å². The molecule has 0 aliphatic rings. The van der Waals surface area contributed by atoms with Crippen LogP contribution in [-0.2, 0) is 24.4 Å². The zero-order chi connectivity index (χ0) is 33.1. The second-order valence-corrected chi connectivity index (χ2v) is 12.4. The maximum Gasteiger partial charge on any atom is 0.337 e. The molecule has 0 saturated heterocycles. The van der Waals surface area contributed by atoms with Crippen molar-refractivity contribution in [2.75, 3.05) is 12.4 Å². The summed E-state index contributed by atoms with van der Waals surface area (Å²) in [7, 11) is 2.03. The molecular weight excluding hydrogens is 654 g/mol. The smallest absolute Gasteiger partial charge is 0.337 e. The summed E-state index contributed by atoms with van der Waals surface area (Å²) in [6, 6.07) is 29.4. The number of nitrogens with one attached hydrogen (secondary N) is 2. The standard InChI is InChI=1S/C37H32F2N4O3S.ClH/c1-3-32(44)40-26-19-17-25(18-20-26)34-29(22-41(2)21-24-11-6-4-7-12-24)33-35(45)43(27-13-8-5-9-14-27)37(46)42(36(33)47-34)23-28-30(38)15-10-16-31(28)39;/h4-20H,3,21-23H2,1-2H3,(H,40,44);1H. The number of para-hydroxylation sites is 1. The summed E-state index contributed by atoms with van der Waals surface area (Å²) in [5, 5.41) is 3.17. The predicted molar refractivity (Wildman–Crippen MR) is 182 cm³/mol. The molecule has 246 valence electrons. The van der Waals surface area contributed by atoms with Gasteiger partial charge in [-0.3, -0.25) is 14.2 Å². The number of nitrogens with zero attached hydrogens (tertiary/aromatic N) is 2. The number of aromatic nitrogens is 2. The number of carbonyl (C=O) groups excluding carboxylic acids is 1. The monoisotopic (exact) mass is 686 g/mol. The Morgan fingerprint density at radius 1 is 0.812 bits per heavy atom. The minimum absolute atomic E-state index is 0. The molecule has 0 fully saturated rings. The second-order valence-electron chi connectivity index (χ2n) is 11.4. The number of quaternary nitrogens is 1. The van der Waals surface area contributed by atoms with Crippen LogP contribution >= 0.6 is 11.3 Å². The van der Waals surface area contributed by atoms with Crippen LogP contribution in [0, 0.1) is 11.6 Å². The van der Waals surface area contributed by atoms with E-state index in [-0.39, 0.29) is 23.9 Å². The molecule has 6 rings (SSSR count). The molecule has 7 nitrogen and oxygen atoms in total. The number of anilines is 1. The maximum absolute atomic E-state index is 15.0. The van der Waals surface area contributed by atoms with E-state index in [4.69, 9.17) is 0 Å². The van der Waals surface area contributed by atoms with Crippen LogP contribution in [0.3, 0.4) is 0 Å². The average molecular weight is 687 g/mol. The molecule has 6 aromatic rings. The van der Waals surface area contributed by atoms with Gasteiger partial charge >= 0.3 is 5.69 Å². The van der Waals surface area contributed by atoms with Crippen LogP contribution in [0.4, 0.5) is 14.5 Å². The fourth-order valence-electron chi connectivity index (χ4n) is 5.72. The number of carbonyl (C=O) groups is 1. The summed E-state index contributed by atoms with van der Waals surface area (Å²) in [5.41, 5.74) is 2.15. The zero-order valence-corrected chi connectivity index (χ0v) is 27.9. The van der Waals surface area contributed by atoms with E-state index in [1.54, 1.807) is 49.4 Å². The molecule has 0 aliphatic heterocycles. The Kier molecular flexibility index (Phi) is 10.7. The van der Waals surface area contributed by atoms with Gasteiger partial charge in [-0.05, 0) is 42.0 Å². The highest BCUT2D eigenvalue weighted by atomic mass is 35.5. The third-order valence-corrected chi connectivity index (χ3v) is 9.35. The molecule has 0 bridgehead atoms. The quantitative estimate of drug-likeness (QED) is 0.233. The normalized spacial score (nSPS) is 11.7. The van der Waals surface area contributed by atoms with E-state index in [9.17, 15) is 23.2 Å². The molecule has 2 aromatic heterocycles. The lowest BCUT2D eigenvalue weighted by Gasteiger charge is -2.16. The van der Waals surface area contributed by atoms with Crippen LogP contribution < -0.4 is 33.9 Å². The first-order valence-electron chi connectivity index (χ1n) is 15.3. The van der Waals surface area contributed by atoms with E-state index < -0.39 is 29.4 Å². The first-order valence-corrected chi connectivity index (χ1v) is 16.1. The highest BCUT2D eigenvalue weighted by molar-refractivity contribution is 7.22. The fourth-order valence-corrected chi connectivity index (χ4v) is 7.03. The third-order valence-electron chi connectivity index (χ3n) is 8.04. The van der Waals surface area contributed by atoms with Crippen molar-refractivity contribution < 1.29 is 30.9 Å². The Morgan fingerprint density at radius 3 is 2.06 bits per heavy atom. The van der Waals surface area contributed by atoms with E-state index >= 15 is 0 Å². The van der Waals surface area contributed by atoms with Gasteiger partial charge in [0.25, 0.3) is 5.56 Å². The molecule has 1 unspecified atom stereocenters. The van der Waals surface area contributed by atoms with Crippen LogP contribution in [-0.4, -0.2) is 22.1 Å². The number of halogens is 3. The van der Waals surface area contributed by atoms with E-state index in [1.165, 1.54) is 22.0 Å². The van der Waals surface area contributed by atoms with Crippen molar-refractivity contribution in [3.05, 3.63) is 152 Å². The number of hydrogen-bond donors (Lipinski definition) is 2. The van der Waals surface area contributed by atoms with Crippen LogP contribution in [0.2, 0.25) is 0 Å². The van der Waals surface area contributed by atoms with Gasteiger partial charge in [-0.15, -0.1) is 11.3 Å². The van der Waals surface area contributed by atoms with Gasteiger partial charge in [-0.25, -0.2) is 18.1 Å². The van der Waals surface area contributed by atoms with Crippen molar-refractivity contribution in [1.82, 2.24) is 9.13 Å². The molecule has 1 atom stereocenters. The van der Waals surface area contributed by atoms with E-state index in [1.807, 2.05) is 49.5 Å². The maximum atomic E-state index is 15.0. The van der Waals surface area contributed by atoms with Crippen LogP contribution in [0.5, 0.6) is 0 Å². The molecule has 0 aliphatic carbocycles. The molecule has 0 saturated carbocycles. The van der Waals surface area contributed by atoms with E-state index in [0.29, 0.717) is 41.1 Å². The Labute approximate surface area is 286 Å². The average Bonchev–Trinajstić information content (AvgIpc) is 3.44. The topological polar surface area (TPSA) is 77.5 Å². The summed E-state index contributed by atoms with van der Waals surface area (Å²) in [5.74, 6) is -1.68. The van der Waals surface area contributed by atoms with Crippen LogP contribution in [0.25, 0.3) is 26.3 Å². The number of amides is 1. The van der Waals surface area contributed by atoms with Gasteiger partial charge in [0.05, 0.1) is 24.7 Å². The first-order chi connectivity index (χ1) is 22.7. The van der Waals surface area contributed by atoms with Gasteiger partial charge in [0.1, 0.15) is 29.6 Å². The van der Waals surface area contributed by atoms with Gasteiger partial charge in [0.2, 0.25) is 5.91 Å². The first kappa shape index (κ1) is 34.4. The highest BCUT2D eigenvalue weighted by Crippen LogP contribution is 2.37. The van der Waals surface area contributed by atoms with Crippen molar-refractivity contribution in [3.63, 3.8) is 0 Å². The number of hydrogen-bond acceptors (Lipinski definition) is 4. The number of benzene rings is 4. The molecule has 48 heavy (non-hydrogen) atoms. The van der Waals surface area contributed by atoms with Gasteiger partial charge in [-0.1, -0.05) is 73.7 Å². The Bertz CT molecular complexity index is 2160. The Balaban J connectivity index is 0.00000451. The number of fused-ring (bicyclic) bond motifs is 1. The molecule has 11 heteroatoms. The van der Waals surface area contributed by atoms with Gasteiger partial charge in [0, 0.05) is 33.7 Å². The molecule has 2 N–H and O–H groups in total. The zero-order valence-electron chi connectivity index (χ0n) is 26.3. The molecule has 0 spiro atoms. The fraction of sp³-hybridized carbons (Fsp3) is 0.162. The lowest BCUT2D eigenvalue weighted by atomic mass is 10.1. The highest BCUT2D eigenvalue weighted by Gasteiger charge is 2.26. The van der Waals surface area contributed by atoms with E-state index in [2.05, 4.69) is 5.32 Å². The van der Waals surface area contributed by atoms with Gasteiger partial charge < -0.3 is 22.6 Å². The van der Waals surface area contributed by atoms with Crippen molar-refractivity contribution in [2.24, 2.45) is 0 Å². The van der Waals surface area contributed by atoms with Crippen molar-refractivity contribution in [2.45, 2.75) is 33.0 Å². The second kappa shape index (κ2) is 14.9. The van der Waals surface area contributed by atoms with Crippen LogP contribution in [0.1, 0.15) is 30.0 Å². The molecule has 4 aromatic carbocycles. The van der Waals surface area contributed by atoms with Crippen molar-refractivity contribution in [3.8, 4) is 16.1 Å². The minimum Gasteiger partial charge on any atom is -1.00 e. The summed E-state index contributed by atoms with van der Waals surface area (Å²) >= 11 is 1.24. The molecule has 0 radical (unpaired) electrons. The Hall–Kier alpha value is -4.90. The van der Waals surface area contributed by atoms with Crippen molar-refractivity contribution in [1.29, 1.82) is 0 Å². The Morgan fingerprint density at radius 2 is 1.44 bits per heavy atom. The lowest BCUT2D eigenvalue weighted by Crippen LogP contribution is -3.06. The summed E-state index contributed by atoms with van der Waals surface area (Å²) < 4.78 is 32.4. The summed E-state index contributed by atoms with van der Waals surface area (Å²) in [6.45, 7) is 2.47. The predicted octanol–water partition coefficient (Wildman–Crippen LogP) is 2.77. The number of rotatable bonds is 10. The summed E-state index contributed by atoms with van der Waals surface area (Å²) in [4.78, 5) is 42.8. The molecule has 2 heterocycles. The lowest BCUT2D eigenvalue weighted by molar-refractivity contribution is -0.907. The third kappa shape index (κ3) is 7.01. The van der Waals surface area contributed by atoms with Gasteiger partial charge in [-0.2, -0.15) is 0 Å². The van der Waals surface area contributed by atoms with Gasteiger partial charge in [0.15, 0.2) is 0 Å².